The lowest BCUT2D eigenvalue weighted by atomic mass is 9.88. The van der Waals surface area contributed by atoms with Crippen molar-refractivity contribution in [3.8, 4) is 0 Å². The fraction of sp³-hybridized carbons (Fsp3) is 1.00. The SMILES string of the molecule is CCC(CC)CC.CCC1CCCCC1.[B]CCC. The Balaban J connectivity index is 0. The van der Waals surface area contributed by atoms with Crippen molar-refractivity contribution in [2.24, 2.45) is 11.8 Å². The molecule has 0 aliphatic heterocycles. The van der Waals surface area contributed by atoms with Gasteiger partial charge in [-0.15, -0.1) is 0 Å². The van der Waals surface area contributed by atoms with Crippen LogP contribution in [0.4, 0.5) is 0 Å². The van der Waals surface area contributed by atoms with E-state index >= 15 is 0 Å². The van der Waals surface area contributed by atoms with E-state index in [4.69, 9.17) is 7.85 Å². The van der Waals surface area contributed by atoms with Crippen molar-refractivity contribution in [1.29, 1.82) is 0 Å². The first kappa shape index (κ1) is 21.4. The average Bonchev–Trinajstić information content (AvgIpc) is 2.51. The van der Waals surface area contributed by atoms with Gasteiger partial charge in [-0.3, -0.25) is 0 Å². The lowest BCUT2D eigenvalue weighted by Crippen LogP contribution is -2.03. The monoisotopic (exact) mass is 266 g/mol. The maximum atomic E-state index is 5.03. The number of hydrogen-bond acceptors (Lipinski definition) is 0. The number of rotatable bonds is 5. The Morgan fingerprint density at radius 1 is 0.842 bits per heavy atom. The Bertz CT molecular complexity index is 127. The molecule has 1 heteroatoms. The summed E-state index contributed by atoms with van der Waals surface area (Å²) in [7, 11) is 5.03. The van der Waals surface area contributed by atoms with Gasteiger partial charge in [-0.05, 0) is 11.8 Å². The highest BCUT2D eigenvalue weighted by atomic mass is 14.2. The average molecular weight is 266 g/mol. The van der Waals surface area contributed by atoms with Crippen LogP contribution in [0.25, 0.3) is 0 Å². The highest BCUT2D eigenvalue weighted by Gasteiger charge is 2.09. The zero-order valence-electron chi connectivity index (χ0n) is 14.5. The molecule has 114 valence electrons. The van der Waals surface area contributed by atoms with Gasteiger partial charge in [0.1, 0.15) is 0 Å². The first-order valence-electron chi connectivity index (χ1n) is 8.89. The highest BCUT2D eigenvalue weighted by Crippen LogP contribution is 2.25. The lowest BCUT2D eigenvalue weighted by Gasteiger charge is -2.18. The normalized spacial score (nSPS) is 15.3. The van der Waals surface area contributed by atoms with Crippen molar-refractivity contribution >= 4 is 7.85 Å². The first-order valence-corrected chi connectivity index (χ1v) is 8.89. The Hall–Kier alpha value is 0.0649. The fourth-order valence-corrected chi connectivity index (χ4v) is 2.46. The zero-order chi connectivity index (χ0) is 14.9. The summed E-state index contributed by atoms with van der Waals surface area (Å²) in [5.41, 5.74) is 0. The molecule has 2 radical (unpaired) electrons. The van der Waals surface area contributed by atoms with Crippen LogP contribution < -0.4 is 0 Å². The maximum Gasteiger partial charge on any atom is 0.0652 e. The maximum absolute atomic E-state index is 5.03. The summed E-state index contributed by atoms with van der Waals surface area (Å²) >= 11 is 0. The molecule has 0 heterocycles. The third-order valence-corrected chi connectivity index (χ3v) is 4.32. The van der Waals surface area contributed by atoms with Crippen molar-refractivity contribution in [3.63, 3.8) is 0 Å². The summed E-state index contributed by atoms with van der Waals surface area (Å²) < 4.78 is 0. The molecule has 1 aliphatic rings. The van der Waals surface area contributed by atoms with Gasteiger partial charge in [0.25, 0.3) is 0 Å². The van der Waals surface area contributed by atoms with E-state index in [1.807, 2.05) is 0 Å². The van der Waals surface area contributed by atoms with Crippen LogP contribution in [0.5, 0.6) is 0 Å². The third-order valence-electron chi connectivity index (χ3n) is 4.32. The molecule has 19 heavy (non-hydrogen) atoms. The van der Waals surface area contributed by atoms with Crippen LogP contribution >= 0.6 is 0 Å². The van der Waals surface area contributed by atoms with Crippen LogP contribution in [0.15, 0.2) is 0 Å². The summed E-state index contributed by atoms with van der Waals surface area (Å²) in [6.07, 6.45) is 14.9. The van der Waals surface area contributed by atoms with Crippen LogP contribution in [0, 0.1) is 11.8 Å². The molecule has 1 rings (SSSR count). The van der Waals surface area contributed by atoms with Crippen LogP contribution in [-0.2, 0) is 0 Å². The Labute approximate surface area is 125 Å². The summed E-state index contributed by atoms with van der Waals surface area (Å²) in [6.45, 7) is 11.2. The second kappa shape index (κ2) is 18.1. The van der Waals surface area contributed by atoms with Gasteiger partial charge in [0.2, 0.25) is 0 Å². The van der Waals surface area contributed by atoms with Gasteiger partial charge in [-0.25, -0.2) is 0 Å². The van der Waals surface area contributed by atoms with Gasteiger partial charge < -0.3 is 0 Å². The van der Waals surface area contributed by atoms with E-state index in [0.29, 0.717) is 0 Å². The van der Waals surface area contributed by atoms with Crippen LogP contribution in [0.2, 0.25) is 6.32 Å². The molecule has 0 bridgehead atoms. The predicted octanol–water partition coefficient (Wildman–Crippen LogP) is 6.79. The van der Waals surface area contributed by atoms with Crippen molar-refractivity contribution in [2.75, 3.05) is 0 Å². The second-order valence-electron chi connectivity index (χ2n) is 5.79. The topological polar surface area (TPSA) is 0 Å². The van der Waals surface area contributed by atoms with Crippen molar-refractivity contribution in [2.45, 2.75) is 105 Å². The smallest absolute Gasteiger partial charge is 0.0652 e. The summed E-state index contributed by atoms with van der Waals surface area (Å²) in [4.78, 5) is 0. The molecule has 0 nitrogen and oxygen atoms in total. The number of hydrogen-bond donors (Lipinski definition) is 0. The van der Waals surface area contributed by atoms with E-state index < -0.39 is 0 Å². The molecule has 1 saturated carbocycles. The third kappa shape index (κ3) is 16.0. The largest absolute Gasteiger partial charge is 0.0889 e. The molecular weight excluding hydrogens is 227 g/mol. The summed E-state index contributed by atoms with van der Waals surface area (Å²) in [5.74, 6) is 2.07. The molecule has 1 fully saturated rings. The van der Waals surface area contributed by atoms with Gasteiger partial charge in [-0.1, -0.05) is 105 Å². The summed E-state index contributed by atoms with van der Waals surface area (Å²) in [6, 6.07) is 0. The minimum absolute atomic E-state index is 0.819. The summed E-state index contributed by atoms with van der Waals surface area (Å²) in [5, 5.41) is 0. The van der Waals surface area contributed by atoms with Crippen LogP contribution in [-0.4, -0.2) is 7.85 Å². The quantitative estimate of drug-likeness (QED) is 0.480. The lowest BCUT2D eigenvalue weighted by molar-refractivity contribution is 0.349. The van der Waals surface area contributed by atoms with Gasteiger partial charge in [-0.2, -0.15) is 0 Å². The molecule has 1 aliphatic carbocycles. The van der Waals surface area contributed by atoms with Crippen molar-refractivity contribution < 1.29 is 0 Å². The van der Waals surface area contributed by atoms with Crippen LogP contribution in [0.3, 0.4) is 0 Å². The molecule has 0 unspecified atom stereocenters. The van der Waals surface area contributed by atoms with E-state index in [0.717, 1.165) is 24.6 Å². The van der Waals surface area contributed by atoms with Gasteiger partial charge in [0, 0.05) is 0 Å². The molecular formula is C18H39B. The second-order valence-corrected chi connectivity index (χ2v) is 5.79. The molecule has 0 aromatic rings. The Morgan fingerprint density at radius 3 is 1.42 bits per heavy atom. The molecule has 0 saturated heterocycles. The Kier molecular flexibility index (Phi) is 20.3. The molecule has 0 atom stereocenters. The first-order chi connectivity index (χ1) is 9.19. The highest BCUT2D eigenvalue weighted by molar-refractivity contribution is 6.08. The van der Waals surface area contributed by atoms with E-state index in [-0.39, 0.29) is 0 Å². The van der Waals surface area contributed by atoms with Gasteiger partial charge in [0.15, 0.2) is 0 Å². The standard InChI is InChI=1S/C8H16.C7H16.C3H7B/c1-2-8-6-4-3-5-7-8;1-4-7(5-2)6-3;1-2-3-4/h8H,2-7H2,1H3;7H,4-6H2,1-3H3;2-3H2,1H3. The Morgan fingerprint density at radius 2 is 1.26 bits per heavy atom. The van der Waals surface area contributed by atoms with E-state index in [1.54, 1.807) is 0 Å². The molecule has 0 spiro atoms. The van der Waals surface area contributed by atoms with Gasteiger partial charge in [0.05, 0.1) is 7.85 Å². The van der Waals surface area contributed by atoms with Crippen molar-refractivity contribution in [3.05, 3.63) is 0 Å². The molecule has 0 amide bonds. The minimum atomic E-state index is 0.819. The predicted molar refractivity (Wildman–Crippen MR) is 92.1 cm³/mol. The van der Waals surface area contributed by atoms with E-state index in [1.165, 1.54) is 57.8 Å². The van der Waals surface area contributed by atoms with Gasteiger partial charge >= 0.3 is 0 Å². The minimum Gasteiger partial charge on any atom is -0.0889 e. The molecule has 0 N–H and O–H groups in total. The van der Waals surface area contributed by atoms with E-state index in [2.05, 4.69) is 34.6 Å². The zero-order valence-corrected chi connectivity index (χ0v) is 14.5. The van der Waals surface area contributed by atoms with E-state index in [9.17, 15) is 0 Å². The van der Waals surface area contributed by atoms with Crippen LogP contribution in [0.1, 0.15) is 98.8 Å². The molecule has 0 aromatic heterocycles. The fourth-order valence-electron chi connectivity index (χ4n) is 2.46. The molecule has 0 aromatic carbocycles. The van der Waals surface area contributed by atoms with Crippen molar-refractivity contribution in [1.82, 2.24) is 0 Å².